The number of fused-ring (bicyclic) bond motifs is 1. The second kappa shape index (κ2) is 9.85. The Labute approximate surface area is 176 Å². The van der Waals surface area contributed by atoms with Crippen LogP contribution in [0, 0.1) is 0 Å². The number of quaternary nitrogens is 1. The van der Waals surface area contributed by atoms with Crippen LogP contribution in [0.2, 0.25) is 5.02 Å². The number of anilines is 1. The van der Waals surface area contributed by atoms with Gasteiger partial charge in [0.15, 0.2) is 18.0 Å². The predicted octanol–water partition coefficient (Wildman–Crippen LogP) is 2.73. The maximum atomic E-state index is 12.6. The molecule has 1 heterocycles. The van der Waals surface area contributed by atoms with Gasteiger partial charge in [-0.1, -0.05) is 11.6 Å². The van der Waals surface area contributed by atoms with Gasteiger partial charge < -0.3 is 24.4 Å². The highest BCUT2D eigenvalue weighted by Gasteiger charge is 2.24. The van der Waals surface area contributed by atoms with Crippen LogP contribution < -0.4 is 24.4 Å². The molecule has 0 saturated heterocycles. The summed E-state index contributed by atoms with van der Waals surface area (Å²) in [5.41, 5.74) is 3.05. The molecule has 1 amide bonds. The van der Waals surface area contributed by atoms with Gasteiger partial charge in [-0.15, -0.1) is 0 Å². The molecule has 0 fully saturated rings. The monoisotopic (exact) mass is 419 g/mol. The molecule has 156 valence electrons. The molecule has 2 N–H and O–H groups in total. The second-order valence-electron chi connectivity index (χ2n) is 6.93. The average molecular weight is 420 g/mol. The number of benzene rings is 2. The molecule has 7 heteroatoms. The number of hydrogen-bond acceptors (Lipinski definition) is 4. The van der Waals surface area contributed by atoms with E-state index in [2.05, 4.69) is 17.4 Å². The Kier molecular flexibility index (Phi) is 7.23. The Balaban J connectivity index is 1.68. The molecular weight excluding hydrogens is 392 g/mol. The molecule has 0 saturated carbocycles. The zero-order valence-electron chi connectivity index (χ0n) is 17.1. The van der Waals surface area contributed by atoms with Crippen LogP contribution in [0.4, 0.5) is 5.69 Å². The van der Waals surface area contributed by atoms with E-state index in [1.807, 2.05) is 13.8 Å². The smallest absolute Gasteiger partial charge is 0.279 e. The van der Waals surface area contributed by atoms with Gasteiger partial charge in [0.25, 0.3) is 5.91 Å². The number of hydrogen-bond donors (Lipinski definition) is 2. The van der Waals surface area contributed by atoms with Gasteiger partial charge in [0, 0.05) is 17.0 Å². The van der Waals surface area contributed by atoms with Gasteiger partial charge in [-0.25, -0.2) is 0 Å². The van der Waals surface area contributed by atoms with E-state index in [-0.39, 0.29) is 5.91 Å². The number of ether oxygens (including phenoxy) is 3. The molecule has 0 aliphatic carbocycles. The van der Waals surface area contributed by atoms with E-state index in [1.165, 1.54) is 16.0 Å². The minimum Gasteiger partial charge on any atom is -0.495 e. The summed E-state index contributed by atoms with van der Waals surface area (Å²) >= 11 is 6.05. The number of rotatable bonds is 8. The fourth-order valence-electron chi connectivity index (χ4n) is 3.60. The third-order valence-corrected chi connectivity index (χ3v) is 5.14. The van der Waals surface area contributed by atoms with Crippen LogP contribution in [0.1, 0.15) is 25.0 Å². The van der Waals surface area contributed by atoms with Crippen LogP contribution in [-0.2, 0) is 17.8 Å². The fourth-order valence-corrected chi connectivity index (χ4v) is 3.77. The predicted molar refractivity (Wildman–Crippen MR) is 114 cm³/mol. The van der Waals surface area contributed by atoms with Gasteiger partial charge in [0.2, 0.25) is 0 Å². The van der Waals surface area contributed by atoms with Gasteiger partial charge in [0.1, 0.15) is 12.3 Å². The first kappa shape index (κ1) is 21.3. The summed E-state index contributed by atoms with van der Waals surface area (Å²) in [5, 5.41) is 3.47. The Morgan fingerprint density at radius 3 is 2.41 bits per heavy atom. The van der Waals surface area contributed by atoms with Gasteiger partial charge in [-0.2, -0.15) is 0 Å². The maximum Gasteiger partial charge on any atom is 0.279 e. The van der Waals surface area contributed by atoms with Crippen molar-refractivity contribution >= 4 is 23.2 Å². The van der Waals surface area contributed by atoms with Gasteiger partial charge in [-0.3, -0.25) is 4.79 Å². The minimum absolute atomic E-state index is 0.0695. The Morgan fingerprint density at radius 2 is 1.76 bits per heavy atom. The first-order valence-corrected chi connectivity index (χ1v) is 10.3. The second-order valence-corrected chi connectivity index (χ2v) is 7.37. The van der Waals surface area contributed by atoms with E-state index in [9.17, 15) is 4.79 Å². The summed E-state index contributed by atoms with van der Waals surface area (Å²) < 4.78 is 16.8. The van der Waals surface area contributed by atoms with Gasteiger partial charge in [-0.05, 0) is 49.7 Å². The van der Waals surface area contributed by atoms with E-state index in [4.69, 9.17) is 25.8 Å². The highest BCUT2D eigenvalue weighted by atomic mass is 35.5. The summed E-state index contributed by atoms with van der Waals surface area (Å²) in [6.07, 6.45) is 0.894. The normalized spacial score (nSPS) is 15.4. The number of amides is 1. The van der Waals surface area contributed by atoms with Crippen molar-refractivity contribution in [1.29, 1.82) is 0 Å². The first-order valence-electron chi connectivity index (χ1n) is 9.92. The van der Waals surface area contributed by atoms with Crippen molar-refractivity contribution in [3.63, 3.8) is 0 Å². The van der Waals surface area contributed by atoms with Crippen LogP contribution in [-0.4, -0.2) is 39.3 Å². The number of carbonyl (C=O) groups excluding carboxylic acids is 1. The lowest BCUT2D eigenvalue weighted by atomic mass is 9.98. The summed E-state index contributed by atoms with van der Waals surface area (Å²) in [5.74, 6) is 2.08. The van der Waals surface area contributed by atoms with E-state index >= 15 is 0 Å². The maximum absolute atomic E-state index is 12.6. The van der Waals surface area contributed by atoms with E-state index in [1.54, 1.807) is 25.3 Å². The number of halogens is 1. The van der Waals surface area contributed by atoms with Crippen molar-refractivity contribution in [1.82, 2.24) is 0 Å². The molecule has 2 aromatic carbocycles. The third-order valence-electron chi connectivity index (χ3n) is 4.90. The largest absolute Gasteiger partial charge is 0.495 e. The van der Waals surface area contributed by atoms with E-state index in [0.717, 1.165) is 31.0 Å². The Bertz CT molecular complexity index is 872. The van der Waals surface area contributed by atoms with Gasteiger partial charge >= 0.3 is 0 Å². The van der Waals surface area contributed by atoms with Crippen molar-refractivity contribution in [3.05, 3.63) is 46.5 Å². The molecule has 1 atom stereocenters. The molecule has 2 aromatic rings. The summed E-state index contributed by atoms with van der Waals surface area (Å²) in [7, 11) is 1.57. The van der Waals surface area contributed by atoms with E-state index in [0.29, 0.717) is 36.2 Å². The van der Waals surface area contributed by atoms with Crippen LogP contribution >= 0.6 is 11.6 Å². The topological polar surface area (TPSA) is 61.2 Å². The molecule has 1 aliphatic heterocycles. The zero-order valence-corrected chi connectivity index (χ0v) is 17.9. The van der Waals surface area contributed by atoms with Crippen molar-refractivity contribution in [2.75, 3.05) is 38.7 Å². The molecular formula is C22H28ClN2O4+. The molecule has 1 aliphatic rings. The lowest BCUT2D eigenvalue weighted by molar-refractivity contribution is -0.907. The van der Waals surface area contributed by atoms with Crippen LogP contribution in [0.5, 0.6) is 17.2 Å². The molecule has 1 unspecified atom stereocenters. The Morgan fingerprint density at radius 1 is 1.07 bits per heavy atom. The molecule has 6 nitrogen and oxygen atoms in total. The molecule has 0 aromatic heterocycles. The number of nitrogens with one attached hydrogen (secondary N) is 2. The zero-order chi connectivity index (χ0) is 20.8. The lowest BCUT2D eigenvalue weighted by Crippen LogP contribution is -3.12. The van der Waals surface area contributed by atoms with Crippen LogP contribution in [0.3, 0.4) is 0 Å². The lowest BCUT2D eigenvalue weighted by Gasteiger charge is -2.26. The molecule has 0 bridgehead atoms. The summed E-state index contributed by atoms with van der Waals surface area (Å²) in [6.45, 7) is 7.12. The number of methoxy groups -OCH3 is 1. The minimum atomic E-state index is -0.0695. The average Bonchev–Trinajstić information content (AvgIpc) is 2.69. The van der Waals surface area contributed by atoms with E-state index < -0.39 is 0 Å². The van der Waals surface area contributed by atoms with Crippen molar-refractivity contribution in [2.24, 2.45) is 0 Å². The molecule has 0 radical (unpaired) electrons. The SMILES string of the molecule is CCOc1cc2c(cc1OCC)C[NH+](CC(=O)Nc1cc(Cl)ccc1OC)CC2. The van der Waals surface area contributed by atoms with Crippen LogP contribution in [0.25, 0.3) is 0 Å². The Hall–Kier alpha value is -2.44. The van der Waals surface area contributed by atoms with Crippen LogP contribution in [0.15, 0.2) is 30.3 Å². The fraction of sp³-hybridized carbons (Fsp3) is 0.409. The van der Waals surface area contributed by atoms with Crippen molar-refractivity contribution < 1.29 is 23.9 Å². The summed E-state index contributed by atoms with van der Waals surface area (Å²) in [4.78, 5) is 13.8. The van der Waals surface area contributed by atoms with Gasteiger partial charge in [0.05, 0.1) is 32.6 Å². The molecule has 29 heavy (non-hydrogen) atoms. The molecule has 3 rings (SSSR count). The van der Waals surface area contributed by atoms with Crippen molar-refractivity contribution in [3.8, 4) is 17.2 Å². The highest BCUT2D eigenvalue weighted by molar-refractivity contribution is 6.31. The summed E-state index contributed by atoms with van der Waals surface area (Å²) in [6, 6.07) is 9.31. The quantitative estimate of drug-likeness (QED) is 0.690. The standard InChI is InChI=1S/C22H27ClN2O4/c1-4-28-20-10-15-8-9-25(13-16(15)11-21(20)29-5-2)14-22(26)24-18-12-17(23)6-7-19(18)27-3/h6-7,10-12H,4-5,8-9,13-14H2,1-3H3,(H,24,26)/p+1. The number of carbonyl (C=O) groups is 1. The molecule has 0 spiro atoms. The highest BCUT2D eigenvalue weighted by Crippen LogP contribution is 2.32. The third kappa shape index (κ3) is 5.34. The first-order chi connectivity index (χ1) is 14.0. The van der Waals surface area contributed by atoms with Crippen molar-refractivity contribution in [2.45, 2.75) is 26.8 Å².